The molecule has 0 aliphatic carbocycles. The number of hydrogen-bond donors (Lipinski definition) is 3. The minimum Gasteiger partial charge on any atom is -0.495 e. The van der Waals surface area contributed by atoms with Gasteiger partial charge in [-0.1, -0.05) is 29.8 Å². The average molecular weight is 553 g/mol. The van der Waals surface area contributed by atoms with Crippen molar-refractivity contribution in [1.82, 2.24) is 10.3 Å². The van der Waals surface area contributed by atoms with Crippen LogP contribution in [0.25, 0.3) is 0 Å². The maximum Gasteiger partial charge on any atom is 0.339 e. The number of amides is 2. The summed E-state index contributed by atoms with van der Waals surface area (Å²) in [7, 11) is 2.77. The number of nitrogens with one attached hydrogen (secondary N) is 3. The summed E-state index contributed by atoms with van der Waals surface area (Å²) in [6.45, 7) is 0.789. The number of hydrogen-bond acceptors (Lipinski definition) is 8. The van der Waals surface area contributed by atoms with Crippen LogP contribution in [-0.4, -0.2) is 55.7 Å². The van der Waals surface area contributed by atoms with Gasteiger partial charge >= 0.3 is 12.0 Å². The number of carbonyl (C=O) groups excluding carboxylic acids is 3. The van der Waals surface area contributed by atoms with Gasteiger partial charge in [0, 0.05) is 18.7 Å². The van der Waals surface area contributed by atoms with E-state index in [1.54, 1.807) is 48.5 Å². The number of ketones is 1. The molecule has 2 amide bonds. The number of benzene rings is 2. The number of esters is 1. The summed E-state index contributed by atoms with van der Waals surface area (Å²) in [4.78, 5) is 41.8. The highest BCUT2D eigenvalue weighted by Crippen LogP contribution is 2.28. The zero-order valence-electron chi connectivity index (χ0n) is 21.5. The van der Waals surface area contributed by atoms with Crippen molar-refractivity contribution < 1.29 is 28.6 Å². The first-order valence-corrected chi connectivity index (χ1v) is 12.7. The molecule has 2 aromatic carbocycles. The standard InChI is InChI=1S/C28H29ClN4O6/c1-37-24-15-17(9-11-21(24)33-28(36)32-20-7-4-3-6-19(20)29)14-23(34)26(22-8-5-13-30-22)39-25-12-10-18(16-31-25)27(35)38-2/h3-4,6-7,9-12,15-16,22,26,30H,5,8,13-14H2,1-2H3,(H2,32,33,36). The lowest BCUT2D eigenvalue weighted by Crippen LogP contribution is -2.45. The summed E-state index contributed by atoms with van der Waals surface area (Å²) in [5.41, 5.74) is 1.87. The molecule has 1 aliphatic rings. The molecule has 2 heterocycles. The van der Waals surface area contributed by atoms with Crippen LogP contribution in [0.4, 0.5) is 16.2 Å². The first-order chi connectivity index (χ1) is 18.9. The fourth-order valence-corrected chi connectivity index (χ4v) is 4.43. The molecule has 3 N–H and O–H groups in total. The third kappa shape index (κ3) is 7.24. The van der Waals surface area contributed by atoms with E-state index in [-0.39, 0.29) is 29.7 Å². The minimum atomic E-state index is -0.783. The maximum absolute atomic E-state index is 13.4. The fourth-order valence-electron chi connectivity index (χ4n) is 4.25. The van der Waals surface area contributed by atoms with E-state index < -0.39 is 18.1 Å². The molecule has 204 valence electrons. The predicted molar refractivity (Wildman–Crippen MR) is 147 cm³/mol. The van der Waals surface area contributed by atoms with Crippen LogP contribution in [0.5, 0.6) is 11.6 Å². The van der Waals surface area contributed by atoms with Crippen LogP contribution in [0.1, 0.15) is 28.8 Å². The number of aromatic nitrogens is 1. The third-order valence-corrected chi connectivity index (χ3v) is 6.53. The lowest BCUT2D eigenvalue weighted by atomic mass is 9.99. The van der Waals surface area contributed by atoms with Gasteiger partial charge in [-0.25, -0.2) is 14.6 Å². The van der Waals surface area contributed by atoms with Gasteiger partial charge < -0.3 is 30.2 Å². The molecule has 0 bridgehead atoms. The van der Waals surface area contributed by atoms with E-state index in [1.165, 1.54) is 26.5 Å². The Morgan fingerprint density at radius 1 is 1.08 bits per heavy atom. The molecule has 0 spiro atoms. The van der Waals surface area contributed by atoms with Gasteiger partial charge in [-0.3, -0.25) is 4.79 Å². The highest BCUT2D eigenvalue weighted by molar-refractivity contribution is 6.33. The number of para-hydroxylation sites is 1. The van der Waals surface area contributed by atoms with Gasteiger partial charge in [-0.05, 0) is 55.3 Å². The van der Waals surface area contributed by atoms with E-state index in [1.807, 2.05) is 0 Å². The summed E-state index contributed by atoms with van der Waals surface area (Å²) in [6, 6.07) is 14.4. The highest BCUT2D eigenvalue weighted by Gasteiger charge is 2.32. The van der Waals surface area contributed by atoms with Gasteiger partial charge in [0.05, 0.1) is 42.2 Å². The molecule has 11 heteroatoms. The SMILES string of the molecule is COC(=O)c1ccc(OC(C(=O)Cc2ccc(NC(=O)Nc3ccccc3Cl)c(OC)c2)C2CCCN2)nc1. The zero-order chi connectivity index (χ0) is 27.8. The van der Waals surface area contributed by atoms with Crippen molar-refractivity contribution in [3.63, 3.8) is 0 Å². The number of urea groups is 1. The number of nitrogens with zero attached hydrogens (tertiary/aromatic N) is 1. The molecule has 1 aromatic heterocycles. The Labute approximate surface area is 231 Å². The van der Waals surface area contributed by atoms with Gasteiger partial charge in [0.2, 0.25) is 5.88 Å². The summed E-state index contributed by atoms with van der Waals surface area (Å²) in [5.74, 6) is -0.0256. The molecule has 1 saturated heterocycles. The van der Waals surface area contributed by atoms with Crippen LogP contribution in [0.2, 0.25) is 5.02 Å². The summed E-state index contributed by atoms with van der Waals surface area (Å²) < 4.78 is 16.2. The first kappa shape index (κ1) is 27.9. The van der Waals surface area contributed by atoms with Crippen LogP contribution >= 0.6 is 11.6 Å². The second-order valence-electron chi connectivity index (χ2n) is 8.85. The van der Waals surface area contributed by atoms with Crippen LogP contribution in [0.3, 0.4) is 0 Å². The van der Waals surface area contributed by atoms with Crippen molar-refractivity contribution in [2.75, 3.05) is 31.4 Å². The first-order valence-electron chi connectivity index (χ1n) is 12.3. The van der Waals surface area contributed by atoms with Crippen molar-refractivity contribution in [2.24, 2.45) is 0 Å². The second kappa shape index (κ2) is 13.1. The molecular weight excluding hydrogens is 524 g/mol. The summed E-state index contributed by atoms with van der Waals surface area (Å²) in [6.07, 6.45) is 2.35. The molecule has 39 heavy (non-hydrogen) atoms. The average Bonchev–Trinajstić information content (AvgIpc) is 3.48. The number of halogens is 1. The quantitative estimate of drug-likeness (QED) is 0.314. The van der Waals surface area contributed by atoms with Crippen molar-refractivity contribution >= 4 is 40.8 Å². The number of Topliss-reactive ketones (excluding diaryl/α,β-unsaturated/α-hetero) is 1. The Morgan fingerprint density at radius 2 is 1.87 bits per heavy atom. The van der Waals surface area contributed by atoms with Crippen LogP contribution < -0.4 is 25.4 Å². The van der Waals surface area contributed by atoms with E-state index in [2.05, 4.69) is 20.9 Å². The van der Waals surface area contributed by atoms with E-state index in [0.29, 0.717) is 27.7 Å². The number of methoxy groups -OCH3 is 2. The Bertz CT molecular complexity index is 1330. The van der Waals surface area contributed by atoms with Crippen molar-refractivity contribution in [3.05, 3.63) is 76.9 Å². The highest BCUT2D eigenvalue weighted by atomic mass is 35.5. The van der Waals surface area contributed by atoms with Gasteiger partial charge in [0.25, 0.3) is 0 Å². The molecule has 1 fully saturated rings. The monoisotopic (exact) mass is 552 g/mol. The topological polar surface area (TPSA) is 128 Å². The molecular formula is C28H29ClN4O6. The molecule has 0 saturated carbocycles. The lowest BCUT2D eigenvalue weighted by molar-refractivity contribution is -0.126. The van der Waals surface area contributed by atoms with Gasteiger partial charge in [-0.15, -0.1) is 0 Å². The van der Waals surface area contributed by atoms with Gasteiger partial charge in [-0.2, -0.15) is 0 Å². The molecule has 4 rings (SSSR count). The van der Waals surface area contributed by atoms with E-state index in [9.17, 15) is 14.4 Å². The lowest BCUT2D eigenvalue weighted by Gasteiger charge is -2.23. The Morgan fingerprint density at radius 3 is 2.54 bits per heavy atom. The van der Waals surface area contributed by atoms with Crippen LogP contribution in [0.15, 0.2) is 60.8 Å². The number of rotatable bonds is 10. The minimum absolute atomic E-state index is 0.0750. The van der Waals surface area contributed by atoms with Crippen LogP contribution in [0, 0.1) is 0 Å². The smallest absolute Gasteiger partial charge is 0.339 e. The number of anilines is 2. The van der Waals surface area contributed by atoms with E-state index in [0.717, 1.165) is 19.4 Å². The van der Waals surface area contributed by atoms with E-state index >= 15 is 0 Å². The van der Waals surface area contributed by atoms with Gasteiger partial charge in [0.15, 0.2) is 11.9 Å². The Kier molecular flexibility index (Phi) is 9.35. The summed E-state index contributed by atoms with van der Waals surface area (Å²) >= 11 is 6.11. The largest absolute Gasteiger partial charge is 0.495 e. The summed E-state index contributed by atoms with van der Waals surface area (Å²) in [5, 5.41) is 9.17. The molecule has 2 atom stereocenters. The normalized spacial score (nSPS) is 15.2. The fraction of sp³-hybridized carbons (Fsp3) is 0.286. The maximum atomic E-state index is 13.4. The number of carbonyl (C=O) groups is 3. The van der Waals surface area contributed by atoms with Crippen molar-refractivity contribution in [1.29, 1.82) is 0 Å². The van der Waals surface area contributed by atoms with Crippen molar-refractivity contribution in [3.8, 4) is 11.6 Å². The van der Waals surface area contributed by atoms with Crippen LogP contribution in [-0.2, 0) is 16.0 Å². The molecule has 3 aromatic rings. The Hall–Kier alpha value is -4.15. The van der Waals surface area contributed by atoms with E-state index in [4.69, 9.17) is 25.8 Å². The molecule has 10 nitrogen and oxygen atoms in total. The molecule has 0 radical (unpaired) electrons. The number of ether oxygens (including phenoxy) is 3. The molecule has 1 aliphatic heterocycles. The molecule has 2 unspecified atom stereocenters. The third-order valence-electron chi connectivity index (χ3n) is 6.20. The zero-order valence-corrected chi connectivity index (χ0v) is 22.3. The van der Waals surface area contributed by atoms with Gasteiger partial charge in [0.1, 0.15) is 5.75 Å². The number of pyridine rings is 1. The second-order valence-corrected chi connectivity index (χ2v) is 9.26. The predicted octanol–water partition coefficient (Wildman–Crippen LogP) is 4.49. The Balaban J connectivity index is 1.45. The van der Waals surface area contributed by atoms with Crippen molar-refractivity contribution in [2.45, 2.75) is 31.4 Å².